The van der Waals surface area contributed by atoms with Crippen molar-refractivity contribution in [2.24, 2.45) is 12.0 Å². The van der Waals surface area contributed by atoms with Crippen LogP contribution in [-0.2, 0) is 20.0 Å². The number of fused-ring (bicyclic) bond motifs is 1. The number of imidazole rings is 1. The number of nitrogens with one attached hydrogen (secondary N) is 2. The van der Waals surface area contributed by atoms with Crippen LogP contribution in [0.15, 0.2) is 29.3 Å². The van der Waals surface area contributed by atoms with E-state index in [9.17, 15) is 0 Å². The van der Waals surface area contributed by atoms with Crippen molar-refractivity contribution in [3.05, 3.63) is 47.0 Å². The van der Waals surface area contributed by atoms with Gasteiger partial charge in [-0.05, 0) is 58.7 Å². The lowest BCUT2D eigenvalue weighted by Crippen LogP contribution is -2.43. The Balaban J connectivity index is 0.00000320. The number of rotatable bonds is 7. The van der Waals surface area contributed by atoms with Gasteiger partial charge >= 0.3 is 0 Å². The minimum atomic E-state index is 0. The fourth-order valence-corrected chi connectivity index (χ4v) is 3.76. The van der Waals surface area contributed by atoms with Gasteiger partial charge in [0.2, 0.25) is 0 Å². The zero-order valence-electron chi connectivity index (χ0n) is 18.9. The number of hydrogen-bond donors (Lipinski definition) is 2. The maximum absolute atomic E-state index is 4.79. The molecule has 0 aliphatic heterocycles. The summed E-state index contributed by atoms with van der Waals surface area (Å²) < 4.78 is 4.18. The Morgan fingerprint density at radius 3 is 2.60 bits per heavy atom. The second kappa shape index (κ2) is 10.8. The molecule has 0 spiro atoms. The van der Waals surface area contributed by atoms with Gasteiger partial charge in [0.15, 0.2) is 5.96 Å². The summed E-state index contributed by atoms with van der Waals surface area (Å²) in [6.45, 7) is 12.8. The van der Waals surface area contributed by atoms with Gasteiger partial charge < -0.3 is 15.2 Å². The summed E-state index contributed by atoms with van der Waals surface area (Å²) in [6.07, 6.45) is 0.918. The number of aryl methyl sites for hydroxylation is 3. The van der Waals surface area contributed by atoms with E-state index in [1.807, 2.05) is 24.7 Å². The Hall–Kier alpha value is -2.10. The quantitative estimate of drug-likeness (QED) is 0.283. The van der Waals surface area contributed by atoms with Gasteiger partial charge in [0, 0.05) is 31.9 Å². The predicted octanol–water partition coefficient (Wildman–Crippen LogP) is 3.50. The highest BCUT2D eigenvalue weighted by atomic mass is 127. The molecule has 0 aliphatic rings. The summed E-state index contributed by atoms with van der Waals surface area (Å²) in [4.78, 5) is 9.43. The number of halogens is 1. The lowest BCUT2D eigenvalue weighted by Gasteiger charge is -2.18. The van der Waals surface area contributed by atoms with Crippen molar-refractivity contribution in [2.45, 2.75) is 53.6 Å². The molecule has 30 heavy (non-hydrogen) atoms. The van der Waals surface area contributed by atoms with E-state index in [2.05, 4.69) is 71.2 Å². The largest absolute Gasteiger partial charge is 0.357 e. The van der Waals surface area contributed by atoms with Crippen molar-refractivity contribution >= 4 is 41.0 Å². The second-order valence-electron chi connectivity index (χ2n) is 7.58. The van der Waals surface area contributed by atoms with Gasteiger partial charge in [0.25, 0.3) is 0 Å². The van der Waals surface area contributed by atoms with Gasteiger partial charge in [-0.2, -0.15) is 5.10 Å². The van der Waals surface area contributed by atoms with Gasteiger partial charge in [-0.25, -0.2) is 4.98 Å². The van der Waals surface area contributed by atoms with Gasteiger partial charge in [-0.3, -0.25) is 9.67 Å². The molecule has 0 fully saturated rings. The van der Waals surface area contributed by atoms with Gasteiger partial charge in [0.05, 0.1) is 23.3 Å². The third-order valence-electron chi connectivity index (χ3n) is 5.34. The molecule has 0 amide bonds. The fraction of sp³-hybridized carbons (Fsp3) is 0.500. The number of benzene rings is 1. The Kier molecular flexibility index (Phi) is 8.69. The molecule has 1 atom stereocenters. The molecule has 1 unspecified atom stereocenters. The number of guanidine groups is 1. The van der Waals surface area contributed by atoms with E-state index in [1.54, 1.807) is 0 Å². The molecular formula is C22H34IN7. The molecule has 164 valence electrons. The van der Waals surface area contributed by atoms with Crippen LogP contribution >= 0.6 is 24.0 Å². The summed E-state index contributed by atoms with van der Waals surface area (Å²) in [7, 11) is 2.00. The fourth-order valence-electron chi connectivity index (χ4n) is 3.76. The normalized spacial score (nSPS) is 12.7. The first-order valence-corrected chi connectivity index (χ1v) is 10.4. The summed E-state index contributed by atoms with van der Waals surface area (Å²) in [5.74, 6) is 1.87. The summed E-state index contributed by atoms with van der Waals surface area (Å²) in [5.41, 5.74) is 5.83. The van der Waals surface area contributed by atoms with Crippen molar-refractivity contribution in [1.82, 2.24) is 30.0 Å². The van der Waals surface area contributed by atoms with Crippen LogP contribution in [0.1, 0.15) is 36.6 Å². The highest BCUT2D eigenvalue weighted by Crippen LogP contribution is 2.15. The molecule has 1 aromatic carbocycles. The molecule has 0 saturated carbocycles. The molecule has 8 heteroatoms. The maximum atomic E-state index is 4.79. The topological polar surface area (TPSA) is 72.1 Å². The Morgan fingerprint density at radius 2 is 1.93 bits per heavy atom. The second-order valence-corrected chi connectivity index (χ2v) is 7.58. The predicted molar refractivity (Wildman–Crippen MR) is 135 cm³/mol. The molecule has 0 saturated heterocycles. The minimum absolute atomic E-state index is 0. The van der Waals surface area contributed by atoms with E-state index in [1.165, 1.54) is 11.3 Å². The summed E-state index contributed by atoms with van der Waals surface area (Å²) >= 11 is 0. The third-order valence-corrected chi connectivity index (χ3v) is 5.34. The lowest BCUT2D eigenvalue weighted by molar-refractivity contribution is 0.630. The molecule has 7 nitrogen and oxygen atoms in total. The SMILES string of the molecule is CCNC(=NCCn1c(C)nc2ccccc21)NC(C)Cc1c(C)nn(C)c1C.I. The van der Waals surface area contributed by atoms with Crippen LogP contribution in [0, 0.1) is 20.8 Å². The van der Waals surface area contributed by atoms with Crippen LogP contribution in [0.3, 0.4) is 0 Å². The molecule has 0 radical (unpaired) electrons. The van der Waals surface area contributed by atoms with E-state index >= 15 is 0 Å². The number of hydrogen-bond acceptors (Lipinski definition) is 3. The number of nitrogens with zero attached hydrogens (tertiary/aromatic N) is 5. The smallest absolute Gasteiger partial charge is 0.191 e. The standard InChI is InChI=1S/C22H33N7.HI/c1-7-23-22(25-15(2)14-19-16(3)27-28(6)17(19)4)24-12-13-29-18(5)26-20-10-8-9-11-21(20)29;/h8-11,15H,7,12-14H2,1-6H3,(H2,23,24,25);1H. The van der Waals surface area contributed by atoms with Crippen LogP contribution in [0.4, 0.5) is 0 Å². The molecule has 2 aromatic heterocycles. The van der Waals surface area contributed by atoms with E-state index in [4.69, 9.17) is 4.99 Å². The Morgan fingerprint density at radius 1 is 1.20 bits per heavy atom. The Bertz CT molecular complexity index is 1000. The maximum Gasteiger partial charge on any atom is 0.191 e. The minimum Gasteiger partial charge on any atom is -0.357 e. The first-order valence-electron chi connectivity index (χ1n) is 10.4. The van der Waals surface area contributed by atoms with Crippen LogP contribution in [-0.4, -0.2) is 44.4 Å². The van der Waals surface area contributed by atoms with E-state index in [-0.39, 0.29) is 30.0 Å². The molecular weight excluding hydrogens is 489 g/mol. The van der Waals surface area contributed by atoms with Gasteiger partial charge in [-0.1, -0.05) is 12.1 Å². The van der Waals surface area contributed by atoms with Gasteiger partial charge in [-0.15, -0.1) is 24.0 Å². The van der Waals surface area contributed by atoms with Crippen LogP contribution in [0.25, 0.3) is 11.0 Å². The zero-order valence-corrected chi connectivity index (χ0v) is 21.2. The van der Waals surface area contributed by atoms with Crippen LogP contribution in [0.5, 0.6) is 0 Å². The van der Waals surface area contributed by atoms with Crippen molar-refractivity contribution in [1.29, 1.82) is 0 Å². The first-order chi connectivity index (χ1) is 13.9. The molecule has 3 aromatic rings. The number of aliphatic imine (C=N–C) groups is 1. The van der Waals surface area contributed by atoms with Gasteiger partial charge in [0.1, 0.15) is 5.82 Å². The molecule has 2 heterocycles. The monoisotopic (exact) mass is 523 g/mol. The first kappa shape index (κ1) is 24.2. The van der Waals surface area contributed by atoms with Crippen molar-refractivity contribution in [3.63, 3.8) is 0 Å². The van der Waals surface area contributed by atoms with E-state index in [0.717, 1.165) is 48.0 Å². The van der Waals surface area contributed by atoms with Crippen molar-refractivity contribution < 1.29 is 0 Å². The molecule has 2 N–H and O–H groups in total. The molecule has 0 bridgehead atoms. The Labute approximate surface area is 196 Å². The summed E-state index contributed by atoms with van der Waals surface area (Å²) in [5, 5.41) is 11.4. The van der Waals surface area contributed by atoms with Crippen LogP contribution in [0.2, 0.25) is 0 Å². The van der Waals surface area contributed by atoms with Crippen LogP contribution < -0.4 is 10.6 Å². The molecule has 3 rings (SSSR count). The number of para-hydroxylation sites is 2. The van der Waals surface area contributed by atoms with Crippen molar-refractivity contribution in [2.75, 3.05) is 13.1 Å². The highest BCUT2D eigenvalue weighted by Gasteiger charge is 2.14. The van der Waals surface area contributed by atoms with E-state index < -0.39 is 0 Å². The van der Waals surface area contributed by atoms with E-state index in [0.29, 0.717) is 6.54 Å². The molecule has 0 aliphatic carbocycles. The number of aromatic nitrogens is 4. The lowest BCUT2D eigenvalue weighted by atomic mass is 10.1. The third kappa shape index (κ3) is 5.53. The van der Waals surface area contributed by atoms with Crippen molar-refractivity contribution in [3.8, 4) is 0 Å². The summed E-state index contributed by atoms with van der Waals surface area (Å²) in [6, 6.07) is 8.50. The zero-order chi connectivity index (χ0) is 21.0. The average Bonchev–Trinajstić information content (AvgIpc) is 3.12. The average molecular weight is 523 g/mol. The highest BCUT2D eigenvalue weighted by molar-refractivity contribution is 14.0.